The first kappa shape index (κ1) is 22.6. The normalized spacial score (nSPS) is 19.1. The largest absolute Gasteiger partial charge is 0.490 e. The summed E-state index contributed by atoms with van der Waals surface area (Å²) in [6.07, 6.45) is 7.56. The Balaban J connectivity index is 1.83. The highest BCUT2D eigenvalue weighted by atomic mass is 19.2. The van der Waals surface area contributed by atoms with E-state index < -0.39 is 23.3 Å². The average Bonchev–Trinajstić information content (AvgIpc) is 2.75. The van der Waals surface area contributed by atoms with Gasteiger partial charge in [-0.1, -0.05) is 45.2 Å². The summed E-state index contributed by atoms with van der Waals surface area (Å²) >= 11 is 0. The van der Waals surface area contributed by atoms with Crippen LogP contribution in [0.2, 0.25) is 0 Å². The predicted molar refractivity (Wildman–Crippen MR) is 112 cm³/mol. The monoisotopic (exact) mass is 422 g/mol. The lowest BCUT2D eigenvalue weighted by molar-refractivity contribution is 0.289. The van der Waals surface area contributed by atoms with Crippen LogP contribution in [0, 0.1) is 29.2 Å². The molecule has 30 heavy (non-hydrogen) atoms. The summed E-state index contributed by atoms with van der Waals surface area (Å²) in [5, 5.41) is 0. The average molecular weight is 423 g/mol. The maximum atomic E-state index is 14.9. The maximum absolute atomic E-state index is 14.9. The van der Waals surface area contributed by atoms with Gasteiger partial charge >= 0.3 is 0 Å². The van der Waals surface area contributed by atoms with Crippen molar-refractivity contribution in [2.24, 2.45) is 5.92 Å². The van der Waals surface area contributed by atoms with Gasteiger partial charge in [-0.15, -0.1) is 0 Å². The number of hydrogen-bond donors (Lipinski definition) is 0. The Morgan fingerprint density at radius 1 is 0.767 bits per heavy atom. The predicted octanol–water partition coefficient (Wildman–Crippen LogP) is 8.16. The minimum absolute atomic E-state index is 0.0300. The van der Waals surface area contributed by atoms with Gasteiger partial charge in [0, 0.05) is 11.1 Å². The van der Waals surface area contributed by atoms with E-state index in [4.69, 9.17) is 4.74 Å². The lowest BCUT2D eigenvalue weighted by Gasteiger charge is -2.29. The summed E-state index contributed by atoms with van der Waals surface area (Å²) in [5.74, 6) is -4.07. The van der Waals surface area contributed by atoms with Crippen molar-refractivity contribution in [3.05, 3.63) is 53.1 Å². The second kappa shape index (κ2) is 10.3. The molecule has 0 heterocycles. The topological polar surface area (TPSA) is 9.23 Å². The molecule has 0 atom stereocenters. The zero-order valence-corrected chi connectivity index (χ0v) is 17.7. The summed E-state index contributed by atoms with van der Waals surface area (Å²) in [4.78, 5) is 0. The Bertz CT molecular complexity index is 857. The van der Waals surface area contributed by atoms with E-state index >= 15 is 0 Å². The summed E-state index contributed by atoms with van der Waals surface area (Å²) < 4.78 is 63.9. The minimum atomic E-state index is -1.23. The fourth-order valence-electron chi connectivity index (χ4n) is 4.44. The van der Waals surface area contributed by atoms with Crippen LogP contribution in [0.3, 0.4) is 0 Å². The molecule has 0 bridgehead atoms. The molecule has 1 saturated carbocycles. The number of hydrogen-bond acceptors (Lipinski definition) is 1. The molecule has 0 spiro atoms. The Labute approximate surface area is 176 Å². The van der Waals surface area contributed by atoms with Crippen molar-refractivity contribution >= 4 is 0 Å². The fraction of sp³-hybridized carbons (Fsp3) is 0.520. The third kappa shape index (κ3) is 4.81. The standard InChI is InChI=1S/C25H30F4O/c1-3-5-15-30-21-14-13-20(24(28)25(21)29)19-12-11-18(22(26)23(19)27)17-9-7-16(6-4-2)8-10-17/h11-14,16-17H,3-10,15H2,1-2H3. The van der Waals surface area contributed by atoms with Crippen LogP contribution in [0.25, 0.3) is 11.1 Å². The molecule has 0 N–H and O–H groups in total. The number of benzene rings is 2. The van der Waals surface area contributed by atoms with Crippen LogP contribution < -0.4 is 4.74 Å². The molecule has 0 amide bonds. The molecule has 164 valence electrons. The van der Waals surface area contributed by atoms with E-state index in [1.54, 1.807) is 0 Å². The van der Waals surface area contributed by atoms with Gasteiger partial charge in [0.25, 0.3) is 0 Å². The van der Waals surface area contributed by atoms with E-state index in [1.165, 1.54) is 30.7 Å². The Morgan fingerprint density at radius 2 is 1.40 bits per heavy atom. The van der Waals surface area contributed by atoms with Gasteiger partial charge < -0.3 is 4.74 Å². The molecule has 2 aromatic carbocycles. The van der Waals surface area contributed by atoms with Gasteiger partial charge in [0.2, 0.25) is 5.82 Å². The van der Waals surface area contributed by atoms with E-state index in [1.807, 2.05) is 6.92 Å². The molecule has 3 rings (SSSR count). The quantitative estimate of drug-likeness (QED) is 0.308. The van der Waals surface area contributed by atoms with Crippen molar-refractivity contribution in [2.75, 3.05) is 6.61 Å². The van der Waals surface area contributed by atoms with Gasteiger partial charge in [-0.25, -0.2) is 13.2 Å². The van der Waals surface area contributed by atoms with Gasteiger partial charge in [-0.2, -0.15) is 4.39 Å². The van der Waals surface area contributed by atoms with Crippen LogP contribution in [0.1, 0.15) is 76.7 Å². The van der Waals surface area contributed by atoms with E-state index in [9.17, 15) is 17.6 Å². The second-order valence-corrected chi connectivity index (χ2v) is 8.28. The smallest absolute Gasteiger partial charge is 0.201 e. The summed E-state index contributed by atoms with van der Waals surface area (Å²) in [6.45, 7) is 4.39. The van der Waals surface area contributed by atoms with Crippen LogP contribution in [-0.2, 0) is 0 Å². The molecule has 0 unspecified atom stereocenters. The van der Waals surface area contributed by atoms with Gasteiger partial charge in [-0.3, -0.25) is 0 Å². The molecular weight excluding hydrogens is 392 g/mol. The molecule has 0 radical (unpaired) electrons. The summed E-state index contributed by atoms with van der Waals surface area (Å²) in [6, 6.07) is 5.40. The molecule has 1 aliphatic carbocycles. The highest BCUT2D eigenvalue weighted by Gasteiger charge is 2.27. The molecule has 1 aliphatic rings. The summed E-state index contributed by atoms with van der Waals surface area (Å²) in [5.41, 5.74) is -0.232. The van der Waals surface area contributed by atoms with Gasteiger partial charge in [0.1, 0.15) is 0 Å². The zero-order valence-electron chi connectivity index (χ0n) is 17.7. The lowest BCUT2D eigenvalue weighted by Crippen LogP contribution is -2.15. The van der Waals surface area contributed by atoms with E-state index in [-0.39, 0.29) is 29.4 Å². The van der Waals surface area contributed by atoms with Crippen molar-refractivity contribution in [3.63, 3.8) is 0 Å². The lowest BCUT2D eigenvalue weighted by atomic mass is 9.77. The molecular formula is C25H30F4O. The number of unbranched alkanes of at least 4 members (excludes halogenated alkanes) is 1. The molecule has 1 fully saturated rings. The van der Waals surface area contributed by atoms with Crippen LogP contribution in [0.4, 0.5) is 17.6 Å². The zero-order chi connectivity index (χ0) is 21.7. The summed E-state index contributed by atoms with van der Waals surface area (Å²) in [7, 11) is 0. The number of halogens is 4. The molecule has 0 aliphatic heterocycles. The molecule has 0 aromatic heterocycles. The molecule has 1 nitrogen and oxygen atoms in total. The van der Waals surface area contributed by atoms with Crippen molar-refractivity contribution in [1.82, 2.24) is 0 Å². The van der Waals surface area contributed by atoms with Crippen LogP contribution in [0.15, 0.2) is 24.3 Å². The van der Waals surface area contributed by atoms with Gasteiger partial charge in [0.15, 0.2) is 23.2 Å². The van der Waals surface area contributed by atoms with Crippen LogP contribution in [-0.4, -0.2) is 6.61 Å². The number of rotatable bonds is 8. The SMILES string of the molecule is CCCCOc1ccc(-c2ccc(C3CCC(CCC)CC3)c(F)c2F)c(F)c1F. The molecule has 5 heteroatoms. The van der Waals surface area contributed by atoms with E-state index in [0.29, 0.717) is 17.9 Å². The first-order valence-electron chi connectivity index (χ1n) is 11.1. The third-order valence-electron chi connectivity index (χ3n) is 6.19. The van der Waals surface area contributed by atoms with Crippen molar-refractivity contribution in [2.45, 2.75) is 71.1 Å². The first-order valence-corrected chi connectivity index (χ1v) is 11.1. The highest BCUT2D eigenvalue weighted by molar-refractivity contribution is 5.66. The van der Waals surface area contributed by atoms with Crippen molar-refractivity contribution in [3.8, 4) is 16.9 Å². The van der Waals surface area contributed by atoms with Gasteiger partial charge in [0.05, 0.1) is 6.61 Å². The third-order valence-corrected chi connectivity index (χ3v) is 6.19. The van der Waals surface area contributed by atoms with E-state index in [2.05, 4.69) is 6.92 Å². The van der Waals surface area contributed by atoms with E-state index in [0.717, 1.165) is 38.5 Å². The van der Waals surface area contributed by atoms with Crippen molar-refractivity contribution < 1.29 is 22.3 Å². The van der Waals surface area contributed by atoms with Gasteiger partial charge in [-0.05, 0) is 61.6 Å². The first-order chi connectivity index (χ1) is 14.5. The molecule has 2 aromatic rings. The van der Waals surface area contributed by atoms with Crippen LogP contribution >= 0.6 is 0 Å². The highest BCUT2D eigenvalue weighted by Crippen LogP contribution is 2.40. The fourth-order valence-corrected chi connectivity index (χ4v) is 4.44. The second-order valence-electron chi connectivity index (χ2n) is 8.28. The Kier molecular flexibility index (Phi) is 7.79. The molecule has 0 saturated heterocycles. The Morgan fingerprint density at radius 3 is 2.03 bits per heavy atom. The number of ether oxygens (including phenoxy) is 1. The van der Waals surface area contributed by atoms with Crippen molar-refractivity contribution in [1.29, 1.82) is 0 Å². The maximum Gasteiger partial charge on any atom is 0.201 e. The van der Waals surface area contributed by atoms with Crippen LogP contribution in [0.5, 0.6) is 5.75 Å². The Hall–Kier alpha value is -2.04. The minimum Gasteiger partial charge on any atom is -0.490 e.